The van der Waals surface area contributed by atoms with Crippen LogP contribution in [-0.4, -0.2) is 26.9 Å². The van der Waals surface area contributed by atoms with E-state index in [1.807, 2.05) is 78.9 Å². The Labute approximate surface area is 213 Å². The molecule has 1 amide bonds. The summed E-state index contributed by atoms with van der Waals surface area (Å²) >= 11 is 6.44. The van der Waals surface area contributed by atoms with Crippen LogP contribution >= 0.6 is 11.6 Å². The van der Waals surface area contributed by atoms with Gasteiger partial charge in [0.2, 0.25) is 0 Å². The van der Waals surface area contributed by atoms with E-state index in [4.69, 9.17) is 16.3 Å². The van der Waals surface area contributed by atoms with Crippen LogP contribution in [0.25, 0.3) is 16.8 Å². The van der Waals surface area contributed by atoms with Gasteiger partial charge in [-0.1, -0.05) is 84.4 Å². The van der Waals surface area contributed by atoms with Crippen LogP contribution in [0.4, 0.5) is 10.6 Å². The molecule has 1 heterocycles. The number of carboxylic acid groups (broad SMARTS) is 1. The number of anilines is 1. The Bertz CT molecular complexity index is 1420. The van der Waals surface area contributed by atoms with Gasteiger partial charge in [0.05, 0.1) is 17.3 Å². The monoisotopic (exact) mass is 501 g/mol. The first-order valence-electron chi connectivity index (χ1n) is 11.6. The second-order valence-corrected chi connectivity index (χ2v) is 9.23. The molecule has 8 heteroatoms. The quantitative estimate of drug-likeness (QED) is 0.297. The number of hydrogen-bond donors (Lipinski definition) is 2. The van der Waals surface area contributed by atoms with Gasteiger partial charge in [0.25, 0.3) is 0 Å². The first-order valence-corrected chi connectivity index (χ1v) is 12.0. The number of benzene rings is 3. The number of nitrogens with one attached hydrogen (secondary N) is 1. The fourth-order valence-electron chi connectivity index (χ4n) is 4.32. The number of aromatic nitrogens is 2. The summed E-state index contributed by atoms with van der Waals surface area (Å²) in [6, 6.07) is 24.6. The van der Waals surface area contributed by atoms with Gasteiger partial charge in [-0.25, -0.2) is 9.48 Å². The molecule has 5 rings (SSSR count). The molecule has 1 atom stereocenters. The van der Waals surface area contributed by atoms with E-state index in [9.17, 15) is 14.7 Å². The second kappa shape index (κ2) is 9.51. The molecule has 4 aromatic rings. The number of carbonyl (C=O) groups excluding carboxylic acids is 1. The van der Waals surface area contributed by atoms with Gasteiger partial charge in [0.1, 0.15) is 11.1 Å². The number of hydrogen-bond acceptors (Lipinski definition) is 4. The number of carboxylic acids is 1. The minimum atomic E-state index is -0.904. The fraction of sp³-hybridized carbons (Fsp3) is 0.179. The minimum absolute atomic E-state index is 0.225. The van der Waals surface area contributed by atoms with Gasteiger partial charge >= 0.3 is 12.1 Å². The third kappa shape index (κ3) is 4.45. The third-order valence-electron chi connectivity index (χ3n) is 6.52. The highest BCUT2D eigenvalue weighted by Crippen LogP contribution is 2.49. The maximum atomic E-state index is 12.8. The summed E-state index contributed by atoms with van der Waals surface area (Å²) in [4.78, 5) is 24.8. The van der Waals surface area contributed by atoms with Crippen LogP contribution in [0.3, 0.4) is 0 Å². The van der Waals surface area contributed by atoms with E-state index in [2.05, 4.69) is 10.4 Å². The summed E-state index contributed by atoms with van der Waals surface area (Å²) in [5, 5.41) is 17.2. The Kier molecular flexibility index (Phi) is 6.24. The predicted octanol–water partition coefficient (Wildman–Crippen LogP) is 6.62. The van der Waals surface area contributed by atoms with E-state index in [1.165, 1.54) is 10.9 Å². The summed E-state index contributed by atoms with van der Waals surface area (Å²) in [5.74, 6) is -0.618. The van der Waals surface area contributed by atoms with Gasteiger partial charge in [-0.2, -0.15) is 5.10 Å². The van der Waals surface area contributed by atoms with Crippen LogP contribution in [0.15, 0.2) is 85.1 Å². The van der Waals surface area contributed by atoms with E-state index in [1.54, 1.807) is 6.92 Å². The van der Waals surface area contributed by atoms with Crippen LogP contribution in [-0.2, 0) is 14.9 Å². The number of amides is 1. The lowest BCUT2D eigenvalue weighted by atomic mass is 9.92. The number of rotatable bonds is 7. The van der Waals surface area contributed by atoms with Crippen molar-refractivity contribution in [1.82, 2.24) is 9.78 Å². The molecule has 2 N–H and O–H groups in total. The van der Waals surface area contributed by atoms with Gasteiger partial charge in [-0.15, -0.1) is 0 Å². The van der Waals surface area contributed by atoms with Crippen LogP contribution in [0.1, 0.15) is 37.0 Å². The molecule has 0 saturated heterocycles. The van der Waals surface area contributed by atoms with Gasteiger partial charge in [-0.05, 0) is 42.5 Å². The molecule has 0 radical (unpaired) electrons. The zero-order valence-electron chi connectivity index (χ0n) is 19.5. The number of nitrogens with zero attached hydrogens (tertiary/aromatic N) is 2. The summed E-state index contributed by atoms with van der Waals surface area (Å²) < 4.78 is 7.08. The van der Waals surface area contributed by atoms with Crippen molar-refractivity contribution in [1.29, 1.82) is 0 Å². The summed E-state index contributed by atoms with van der Waals surface area (Å²) in [5.41, 5.74) is 2.96. The van der Waals surface area contributed by atoms with Crippen LogP contribution in [0.2, 0.25) is 5.02 Å². The van der Waals surface area contributed by atoms with Crippen molar-refractivity contribution in [2.45, 2.75) is 31.3 Å². The van der Waals surface area contributed by atoms with Gasteiger partial charge < -0.3 is 9.84 Å². The van der Waals surface area contributed by atoms with Gasteiger partial charge in [0.15, 0.2) is 5.82 Å². The molecule has 1 saturated carbocycles. The number of halogens is 1. The number of carbonyl (C=O) groups is 2. The van der Waals surface area contributed by atoms with E-state index in [-0.39, 0.29) is 10.8 Å². The molecule has 1 aliphatic carbocycles. The zero-order chi connectivity index (χ0) is 25.3. The van der Waals surface area contributed by atoms with Gasteiger partial charge in [0, 0.05) is 5.56 Å². The van der Waals surface area contributed by atoms with Crippen molar-refractivity contribution in [3.63, 3.8) is 0 Å². The standard InChI is InChI=1S/C28H24ClN3O4/c1-18(19-8-4-2-5-9-19)36-27(35)31-25-23(29)17-30-32(25)24-16-21(28(14-15-28)26(33)34)12-13-22(24)20-10-6-3-7-11-20/h2-13,16-18H,14-15H2,1H3,(H,31,35)(H,33,34). The summed E-state index contributed by atoms with van der Waals surface area (Å²) in [7, 11) is 0. The average molecular weight is 502 g/mol. The normalized spacial score (nSPS) is 14.6. The van der Waals surface area contributed by atoms with Crippen LogP contribution in [0, 0.1) is 0 Å². The summed E-state index contributed by atoms with van der Waals surface area (Å²) in [6.07, 6.45) is 1.41. The third-order valence-corrected chi connectivity index (χ3v) is 6.80. The second-order valence-electron chi connectivity index (χ2n) is 8.82. The molecule has 1 unspecified atom stereocenters. The highest BCUT2D eigenvalue weighted by atomic mass is 35.5. The van der Waals surface area contributed by atoms with Crippen molar-refractivity contribution < 1.29 is 19.4 Å². The van der Waals surface area contributed by atoms with Crippen molar-refractivity contribution in [2.24, 2.45) is 0 Å². The molecule has 3 aromatic carbocycles. The van der Waals surface area contributed by atoms with E-state index < -0.39 is 23.6 Å². The zero-order valence-corrected chi connectivity index (χ0v) is 20.3. The van der Waals surface area contributed by atoms with E-state index in [0.717, 1.165) is 16.7 Å². The molecule has 7 nitrogen and oxygen atoms in total. The average Bonchev–Trinajstić information content (AvgIpc) is 3.64. The van der Waals surface area contributed by atoms with Crippen molar-refractivity contribution >= 4 is 29.5 Å². The molecule has 0 bridgehead atoms. The number of aliphatic carboxylic acids is 1. The Morgan fingerprint density at radius 1 is 1.06 bits per heavy atom. The maximum absolute atomic E-state index is 12.8. The highest BCUT2D eigenvalue weighted by molar-refractivity contribution is 6.33. The molecule has 182 valence electrons. The van der Waals surface area contributed by atoms with Crippen molar-refractivity contribution in [2.75, 3.05) is 5.32 Å². The summed E-state index contributed by atoms with van der Waals surface area (Å²) in [6.45, 7) is 1.78. The first-order chi connectivity index (χ1) is 17.4. The van der Waals surface area contributed by atoms with Gasteiger partial charge in [-0.3, -0.25) is 10.1 Å². The molecule has 1 aliphatic rings. The van der Waals surface area contributed by atoms with Crippen molar-refractivity contribution in [3.8, 4) is 16.8 Å². The minimum Gasteiger partial charge on any atom is -0.481 e. The largest absolute Gasteiger partial charge is 0.481 e. The van der Waals surface area contributed by atoms with Crippen molar-refractivity contribution in [3.05, 3.63) is 101 Å². The Hall–Kier alpha value is -4.10. The molecule has 0 spiro atoms. The van der Waals surface area contributed by atoms with E-state index >= 15 is 0 Å². The molecule has 0 aliphatic heterocycles. The molecule has 36 heavy (non-hydrogen) atoms. The van der Waals surface area contributed by atoms with Crippen LogP contribution in [0.5, 0.6) is 0 Å². The Morgan fingerprint density at radius 3 is 2.36 bits per heavy atom. The fourth-order valence-corrected chi connectivity index (χ4v) is 4.49. The molecule has 1 fully saturated rings. The number of ether oxygens (including phenoxy) is 1. The predicted molar refractivity (Wildman–Crippen MR) is 138 cm³/mol. The highest BCUT2D eigenvalue weighted by Gasteiger charge is 2.52. The Morgan fingerprint density at radius 2 is 1.72 bits per heavy atom. The lowest BCUT2D eigenvalue weighted by Crippen LogP contribution is -2.21. The Balaban J connectivity index is 1.52. The lowest BCUT2D eigenvalue weighted by molar-refractivity contribution is -0.140. The molecular formula is C28H24ClN3O4. The van der Waals surface area contributed by atoms with Crippen LogP contribution < -0.4 is 5.32 Å². The maximum Gasteiger partial charge on any atom is 0.413 e. The smallest absolute Gasteiger partial charge is 0.413 e. The first kappa shape index (κ1) is 23.6. The SMILES string of the molecule is CC(OC(=O)Nc1c(Cl)cnn1-c1cc(C2(C(=O)O)CC2)ccc1-c1ccccc1)c1ccccc1. The topological polar surface area (TPSA) is 93.5 Å². The van der Waals surface area contributed by atoms with E-state index in [0.29, 0.717) is 24.1 Å². The lowest BCUT2D eigenvalue weighted by Gasteiger charge is -2.18. The molecular weight excluding hydrogens is 478 g/mol. The molecule has 1 aromatic heterocycles.